The molecular weight excluding hydrogens is 306 g/mol. The van der Waals surface area contributed by atoms with Crippen molar-refractivity contribution in [1.82, 2.24) is 9.88 Å². The van der Waals surface area contributed by atoms with Crippen LogP contribution in [0.15, 0.2) is 42.6 Å². The minimum Gasteiger partial charge on any atom is -0.492 e. The first kappa shape index (κ1) is 16.4. The van der Waals surface area contributed by atoms with Crippen LogP contribution in [-0.2, 0) is 4.74 Å². The van der Waals surface area contributed by atoms with E-state index in [1.165, 1.54) is 0 Å². The highest BCUT2D eigenvalue weighted by molar-refractivity contribution is 5.98. The maximum absolute atomic E-state index is 11.5. The maximum atomic E-state index is 11.5. The zero-order valence-electron chi connectivity index (χ0n) is 13.5. The number of morpholine rings is 1. The molecular formula is C18H21N3O3. The number of carbonyl (C=O) groups excluding carboxylic acids is 1. The molecule has 2 N–H and O–H groups in total. The van der Waals surface area contributed by atoms with Crippen LogP contribution in [-0.4, -0.2) is 55.2 Å². The SMILES string of the molecule is NC(=O)c1cccnc1-c1ccc(OCCN2CCOCC2)cc1. The second-order valence-electron chi connectivity index (χ2n) is 5.59. The molecule has 1 aliphatic heterocycles. The lowest BCUT2D eigenvalue weighted by molar-refractivity contribution is 0.0322. The van der Waals surface area contributed by atoms with Gasteiger partial charge in [-0.1, -0.05) is 0 Å². The van der Waals surface area contributed by atoms with Crippen LogP contribution in [0.3, 0.4) is 0 Å². The molecule has 6 heteroatoms. The number of benzene rings is 1. The fourth-order valence-electron chi connectivity index (χ4n) is 2.66. The minimum absolute atomic E-state index is 0.415. The van der Waals surface area contributed by atoms with E-state index in [0.29, 0.717) is 17.9 Å². The second kappa shape index (κ2) is 7.90. The zero-order chi connectivity index (χ0) is 16.8. The summed E-state index contributed by atoms with van der Waals surface area (Å²) < 4.78 is 11.1. The van der Waals surface area contributed by atoms with Gasteiger partial charge in [0.2, 0.25) is 0 Å². The number of hydrogen-bond donors (Lipinski definition) is 1. The average Bonchev–Trinajstić information content (AvgIpc) is 2.63. The molecule has 126 valence electrons. The van der Waals surface area contributed by atoms with Gasteiger partial charge in [-0.25, -0.2) is 0 Å². The van der Waals surface area contributed by atoms with Crippen molar-refractivity contribution in [3.8, 4) is 17.0 Å². The smallest absolute Gasteiger partial charge is 0.250 e. The van der Waals surface area contributed by atoms with Gasteiger partial charge in [0.1, 0.15) is 12.4 Å². The van der Waals surface area contributed by atoms with Crippen molar-refractivity contribution in [2.24, 2.45) is 5.73 Å². The van der Waals surface area contributed by atoms with Gasteiger partial charge in [0.15, 0.2) is 0 Å². The molecule has 1 aliphatic rings. The summed E-state index contributed by atoms with van der Waals surface area (Å²) in [5.74, 6) is 0.313. The van der Waals surface area contributed by atoms with E-state index in [0.717, 1.165) is 44.2 Å². The van der Waals surface area contributed by atoms with Crippen molar-refractivity contribution >= 4 is 5.91 Å². The highest BCUT2D eigenvalue weighted by atomic mass is 16.5. The van der Waals surface area contributed by atoms with Gasteiger partial charge >= 0.3 is 0 Å². The van der Waals surface area contributed by atoms with Crippen molar-refractivity contribution in [2.75, 3.05) is 39.5 Å². The monoisotopic (exact) mass is 327 g/mol. The van der Waals surface area contributed by atoms with Crippen LogP contribution >= 0.6 is 0 Å². The lowest BCUT2D eigenvalue weighted by Gasteiger charge is -2.26. The first-order valence-electron chi connectivity index (χ1n) is 8.02. The zero-order valence-corrected chi connectivity index (χ0v) is 13.5. The third-order valence-corrected chi connectivity index (χ3v) is 3.98. The molecule has 0 atom stereocenters. The molecule has 0 aliphatic carbocycles. The van der Waals surface area contributed by atoms with Gasteiger partial charge in [0.25, 0.3) is 5.91 Å². The molecule has 2 heterocycles. The molecule has 0 bridgehead atoms. The Kier molecular flexibility index (Phi) is 5.40. The Morgan fingerprint density at radius 2 is 1.96 bits per heavy atom. The number of carbonyl (C=O) groups is 1. The van der Waals surface area contributed by atoms with Crippen LogP contribution in [0.2, 0.25) is 0 Å². The van der Waals surface area contributed by atoms with Gasteiger partial charge in [-0.3, -0.25) is 14.7 Å². The number of nitrogens with two attached hydrogens (primary N) is 1. The number of rotatable bonds is 6. The van der Waals surface area contributed by atoms with Crippen molar-refractivity contribution in [3.63, 3.8) is 0 Å². The first-order valence-corrected chi connectivity index (χ1v) is 8.02. The largest absolute Gasteiger partial charge is 0.492 e. The van der Waals surface area contributed by atoms with E-state index >= 15 is 0 Å². The summed E-state index contributed by atoms with van der Waals surface area (Å²) in [6.45, 7) is 5.02. The summed E-state index contributed by atoms with van der Waals surface area (Å²) >= 11 is 0. The summed E-state index contributed by atoms with van der Waals surface area (Å²) in [6, 6.07) is 10.9. The van der Waals surface area contributed by atoms with Gasteiger partial charge in [-0.2, -0.15) is 0 Å². The van der Waals surface area contributed by atoms with Gasteiger partial charge in [0, 0.05) is 31.4 Å². The maximum Gasteiger partial charge on any atom is 0.250 e. The lowest BCUT2D eigenvalue weighted by atomic mass is 10.1. The van der Waals surface area contributed by atoms with Crippen LogP contribution in [0.25, 0.3) is 11.3 Å². The quantitative estimate of drug-likeness (QED) is 0.871. The predicted octanol–water partition coefficient (Wildman–Crippen LogP) is 1.56. The molecule has 1 aromatic heterocycles. The third-order valence-electron chi connectivity index (χ3n) is 3.98. The second-order valence-corrected chi connectivity index (χ2v) is 5.59. The van der Waals surface area contributed by atoms with Crippen LogP contribution < -0.4 is 10.5 Å². The molecule has 2 aromatic rings. The summed E-state index contributed by atoms with van der Waals surface area (Å²) in [7, 11) is 0. The summed E-state index contributed by atoms with van der Waals surface area (Å²) in [4.78, 5) is 18.1. The van der Waals surface area contributed by atoms with E-state index in [2.05, 4.69) is 9.88 Å². The van der Waals surface area contributed by atoms with Gasteiger partial charge in [-0.15, -0.1) is 0 Å². The molecule has 0 saturated carbocycles. The highest BCUT2D eigenvalue weighted by Crippen LogP contribution is 2.23. The average molecular weight is 327 g/mol. The minimum atomic E-state index is -0.482. The van der Waals surface area contributed by atoms with Crippen LogP contribution in [0, 0.1) is 0 Å². The lowest BCUT2D eigenvalue weighted by Crippen LogP contribution is -2.38. The summed E-state index contributed by atoms with van der Waals surface area (Å²) in [5, 5.41) is 0. The van der Waals surface area contributed by atoms with Crippen molar-refractivity contribution < 1.29 is 14.3 Å². The van der Waals surface area contributed by atoms with E-state index in [4.69, 9.17) is 15.2 Å². The number of pyridine rings is 1. The molecule has 1 fully saturated rings. The van der Waals surface area contributed by atoms with Crippen LogP contribution in [0.4, 0.5) is 0 Å². The van der Waals surface area contributed by atoms with E-state index in [1.807, 2.05) is 24.3 Å². The summed E-state index contributed by atoms with van der Waals surface area (Å²) in [5.41, 5.74) is 7.24. The first-order chi connectivity index (χ1) is 11.7. The number of ether oxygens (including phenoxy) is 2. The van der Waals surface area contributed by atoms with Crippen LogP contribution in [0.5, 0.6) is 5.75 Å². The van der Waals surface area contributed by atoms with Crippen LogP contribution in [0.1, 0.15) is 10.4 Å². The van der Waals surface area contributed by atoms with Gasteiger partial charge in [-0.05, 0) is 36.4 Å². The Hall–Kier alpha value is -2.44. The predicted molar refractivity (Wildman–Crippen MR) is 90.9 cm³/mol. The van der Waals surface area contributed by atoms with Gasteiger partial charge in [0.05, 0.1) is 24.5 Å². The molecule has 0 unspecified atom stereocenters. The Labute approximate surface area is 141 Å². The number of aromatic nitrogens is 1. The van der Waals surface area contributed by atoms with Crippen molar-refractivity contribution in [1.29, 1.82) is 0 Å². The molecule has 1 aromatic carbocycles. The fraction of sp³-hybridized carbons (Fsp3) is 0.333. The number of primary amides is 1. The topological polar surface area (TPSA) is 77.7 Å². The molecule has 0 radical (unpaired) electrons. The van der Waals surface area contributed by atoms with Gasteiger partial charge < -0.3 is 15.2 Å². The standard InChI is InChI=1S/C18H21N3O3/c19-18(22)16-2-1-7-20-17(16)14-3-5-15(6-4-14)24-13-10-21-8-11-23-12-9-21/h1-7H,8-13H2,(H2,19,22). The van der Waals surface area contributed by atoms with E-state index in [9.17, 15) is 4.79 Å². The molecule has 6 nitrogen and oxygen atoms in total. The Balaban J connectivity index is 1.60. The third kappa shape index (κ3) is 4.10. The van der Waals surface area contributed by atoms with Crippen molar-refractivity contribution in [3.05, 3.63) is 48.2 Å². The fourth-order valence-corrected chi connectivity index (χ4v) is 2.66. The molecule has 0 spiro atoms. The Morgan fingerprint density at radius 3 is 2.67 bits per heavy atom. The summed E-state index contributed by atoms with van der Waals surface area (Å²) in [6.07, 6.45) is 1.65. The van der Waals surface area contributed by atoms with E-state index in [1.54, 1.807) is 18.3 Å². The Bertz CT molecular complexity index is 682. The van der Waals surface area contributed by atoms with E-state index < -0.39 is 5.91 Å². The molecule has 3 rings (SSSR count). The van der Waals surface area contributed by atoms with Crippen molar-refractivity contribution in [2.45, 2.75) is 0 Å². The molecule has 1 amide bonds. The molecule has 1 saturated heterocycles. The number of nitrogens with zero attached hydrogens (tertiary/aromatic N) is 2. The number of hydrogen-bond acceptors (Lipinski definition) is 5. The molecule has 24 heavy (non-hydrogen) atoms. The normalized spacial score (nSPS) is 15.2. The Morgan fingerprint density at radius 1 is 1.21 bits per heavy atom. The number of amides is 1. The highest BCUT2D eigenvalue weighted by Gasteiger charge is 2.12. The van der Waals surface area contributed by atoms with E-state index in [-0.39, 0.29) is 0 Å².